The van der Waals surface area contributed by atoms with Crippen molar-refractivity contribution in [2.75, 3.05) is 0 Å². The number of rotatable bonds is 5. The van der Waals surface area contributed by atoms with Crippen LogP contribution in [0.25, 0.3) is 0 Å². The lowest BCUT2D eigenvalue weighted by Crippen LogP contribution is -2.56. The molecule has 0 fully saturated rings. The second-order valence-corrected chi connectivity index (χ2v) is 8.68. The quantitative estimate of drug-likeness (QED) is 0.769. The van der Waals surface area contributed by atoms with Crippen LogP contribution in [0, 0.1) is 0 Å². The number of amides is 2. The van der Waals surface area contributed by atoms with Crippen molar-refractivity contribution in [3.63, 3.8) is 0 Å². The minimum Gasteiger partial charge on any atom is -0.480 e. The van der Waals surface area contributed by atoms with Gasteiger partial charge in [0.2, 0.25) is 5.91 Å². The van der Waals surface area contributed by atoms with E-state index in [9.17, 15) is 19.5 Å². The monoisotopic (exact) mass is 424 g/mol. The first-order chi connectivity index (χ1) is 14.6. The number of carbonyl (C=O) groups excluding carboxylic acids is 2. The summed E-state index contributed by atoms with van der Waals surface area (Å²) in [5, 5.41) is 12.4. The summed E-state index contributed by atoms with van der Waals surface area (Å²) in [7, 11) is 0. The van der Waals surface area contributed by atoms with Crippen LogP contribution in [-0.2, 0) is 33.7 Å². The van der Waals surface area contributed by atoms with E-state index in [1.54, 1.807) is 20.8 Å². The predicted molar refractivity (Wildman–Crippen MR) is 115 cm³/mol. The van der Waals surface area contributed by atoms with Crippen molar-refractivity contribution < 1.29 is 24.2 Å². The fourth-order valence-corrected chi connectivity index (χ4v) is 3.68. The Morgan fingerprint density at radius 1 is 1.06 bits per heavy atom. The molecule has 3 rings (SSSR count). The average molecular weight is 424 g/mol. The predicted octanol–water partition coefficient (Wildman–Crippen LogP) is 3.16. The van der Waals surface area contributed by atoms with Crippen molar-refractivity contribution in [3.05, 3.63) is 71.3 Å². The highest BCUT2D eigenvalue weighted by Gasteiger charge is 2.38. The van der Waals surface area contributed by atoms with Gasteiger partial charge in [-0.05, 0) is 37.5 Å². The van der Waals surface area contributed by atoms with E-state index in [0.717, 1.165) is 16.7 Å². The van der Waals surface area contributed by atoms with Crippen LogP contribution in [0.1, 0.15) is 37.5 Å². The molecule has 2 N–H and O–H groups in total. The second-order valence-electron chi connectivity index (χ2n) is 8.68. The van der Waals surface area contributed by atoms with Gasteiger partial charge in [-0.2, -0.15) is 0 Å². The van der Waals surface area contributed by atoms with E-state index in [-0.39, 0.29) is 19.4 Å². The standard InChI is InChI=1S/C24H28N2O5/c1-24(2,3)31-23(30)25-19(13-16-9-5-4-6-10-16)21(27)26-15-18-12-8-7-11-17(18)14-20(26)22(28)29/h4-12,19-20H,13-15H2,1-3H3,(H,25,30)(H,28,29)/t19-,20+/m1/s1. The van der Waals surface area contributed by atoms with Crippen molar-refractivity contribution >= 4 is 18.0 Å². The van der Waals surface area contributed by atoms with Gasteiger partial charge in [-0.15, -0.1) is 0 Å². The zero-order valence-electron chi connectivity index (χ0n) is 18.0. The summed E-state index contributed by atoms with van der Waals surface area (Å²) in [6, 6.07) is 14.8. The third-order valence-corrected chi connectivity index (χ3v) is 5.09. The molecule has 0 aliphatic carbocycles. The number of alkyl carbamates (subject to hydrolysis) is 1. The number of hydrogen-bond donors (Lipinski definition) is 2. The smallest absolute Gasteiger partial charge is 0.408 e. The lowest BCUT2D eigenvalue weighted by Gasteiger charge is -2.37. The Labute approximate surface area is 182 Å². The average Bonchev–Trinajstić information content (AvgIpc) is 2.71. The van der Waals surface area contributed by atoms with Crippen LogP contribution >= 0.6 is 0 Å². The van der Waals surface area contributed by atoms with E-state index in [4.69, 9.17) is 4.74 Å². The number of benzene rings is 2. The Kier molecular flexibility index (Phi) is 6.63. The van der Waals surface area contributed by atoms with Crippen LogP contribution in [-0.4, -0.2) is 45.7 Å². The van der Waals surface area contributed by atoms with Gasteiger partial charge in [0.05, 0.1) is 0 Å². The molecule has 0 aromatic heterocycles. The summed E-state index contributed by atoms with van der Waals surface area (Å²) in [4.78, 5) is 39.3. The second kappa shape index (κ2) is 9.20. The Balaban J connectivity index is 1.88. The highest BCUT2D eigenvalue weighted by Crippen LogP contribution is 2.25. The Morgan fingerprint density at radius 3 is 2.29 bits per heavy atom. The van der Waals surface area contributed by atoms with E-state index >= 15 is 0 Å². The number of aliphatic carboxylic acids is 1. The molecule has 0 saturated heterocycles. The number of nitrogens with one attached hydrogen (secondary N) is 1. The summed E-state index contributed by atoms with van der Waals surface area (Å²) in [5.41, 5.74) is 1.95. The Morgan fingerprint density at radius 2 is 1.68 bits per heavy atom. The maximum Gasteiger partial charge on any atom is 0.408 e. The van der Waals surface area contributed by atoms with Crippen molar-refractivity contribution in [3.8, 4) is 0 Å². The molecule has 0 spiro atoms. The maximum atomic E-state index is 13.5. The third kappa shape index (κ3) is 5.84. The molecule has 31 heavy (non-hydrogen) atoms. The largest absolute Gasteiger partial charge is 0.480 e. The molecule has 2 aromatic carbocycles. The van der Waals surface area contributed by atoms with Crippen LogP contribution in [0.2, 0.25) is 0 Å². The molecule has 0 unspecified atom stereocenters. The molecule has 2 aromatic rings. The number of carboxylic acid groups (broad SMARTS) is 1. The van der Waals surface area contributed by atoms with Gasteiger partial charge in [0.25, 0.3) is 0 Å². The first-order valence-corrected chi connectivity index (χ1v) is 10.3. The molecular weight excluding hydrogens is 396 g/mol. The normalized spacial score (nSPS) is 16.7. The molecule has 7 nitrogen and oxygen atoms in total. The molecule has 0 radical (unpaired) electrons. The van der Waals surface area contributed by atoms with E-state index in [2.05, 4.69) is 5.32 Å². The zero-order valence-corrected chi connectivity index (χ0v) is 18.0. The van der Waals surface area contributed by atoms with Crippen LogP contribution < -0.4 is 5.32 Å². The number of carboxylic acids is 1. The molecule has 0 bridgehead atoms. The van der Waals surface area contributed by atoms with Crippen molar-refractivity contribution in [1.29, 1.82) is 0 Å². The lowest BCUT2D eigenvalue weighted by atomic mass is 9.92. The minimum absolute atomic E-state index is 0.174. The van der Waals surface area contributed by atoms with Crippen molar-refractivity contribution in [2.45, 2.75) is 57.8 Å². The molecule has 1 aliphatic rings. The first-order valence-electron chi connectivity index (χ1n) is 10.3. The van der Waals surface area contributed by atoms with Gasteiger partial charge in [0, 0.05) is 19.4 Å². The summed E-state index contributed by atoms with van der Waals surface area (Å²) in [6.07, 6.45) is -0.267. The maximum absolute atomic E-state index is 13.5. The fraction of sp³-hybridized carbons (Fsp3) is 0.375. The lowest BCUT2D eigenvalue weighted by molar-refractivity contribution is -0.152. The van der Waals surface area contributed by atoms with Crippen LogP contribution in [0.15, 0.2) is 54.6 Å². The van der Waals surface area contributed by atoms with E-state index < -0.39 is 35.7 Å². The van der Waals surface area contributed by atoms with Gasteiger partial charge in [-0.25, -0.2) is 9.59 Å². The SMILES string of the molecule is CC(C)(C)OC(=O)N[C@H](Cc1ccccc1)C(=O)N1Cc2ccccc2C[C@H]1C(=O)O. The number of ether oxygens (including phenoxy) is 1. The topological polar surface area (TPSA) is 95.9 Å². The molecule has 0 saturated carbocycles. The number of fused-ring (bicyclic) bond motifs is 1. The summed E-state index contributed by atoms with van der Waals surface area (Å²) >= 11 is 0. The highest BCUT2D eigenvalue weighted by molar-refractivity contribution is 5.90. The van der Waals surface area contributed by atoms with Crippen molar-refractivity contribution in [2.24, 2.45) is 0 Å². The van der Waals surface area contributed by atoms with Crippen molar-refractivity contribution in [1.82, 2.24) is 10.2 Å². The summed E-state index contributed by atoms with van der Waals surface area (Å²) in [6.45, 7) is 5.39. The van der Waals surface area contributed by atoms with Gasteiger partial charge in [0.1, 0.15) is 17.7 Å². The first kappa shape index (κ1) is 22.3. The number of nitrogens with zero attached hydrogens (tertiary/aromatic N) is 1. The third-order valence-electron chi connectivity index (χ3n) is 5.09. The molecule has 7 heteroatoms. The minimum atomic E-state index is -1.07. The van der Waals surface area contributed by atoms with Gasteiger partial charge in [-0.3, -0.25) is 4.79 Å². The molecule has 2 atom stereocenters. The molecular formula is C24H28N2O5. The Hall–Kier alpha value is -3.35. The number of hydrogen-bond acceptors (Lipinski definition) is 4. The van der Waals surface area contributed by atoms with Gasteiger partial charge < -0.3 is 20.1 Å². The Bertz CT molecular complexity index is 952. The van der Waals surface area contributed by atoms with Crippen LogP contribution in [0.4, 0.5) is 4.79 Å². The van der Waals surface area contributed by atoms with Crippen LogP contribution in [0.3, 0.4) is 0 Å². The molecule has 2 amide bonds. The fourth-order valence-electron chi connectivity index (χ4n) is 3.68. The van der Waals surface area contributed by atoms with Crippen LogP contribution in [0.5, 0.6) is 0 Å². The van der Waals surface area contributed by atoms with E-state index in [0.29, 0.717) is 0 Å². The summed E-state index contributed by atoms with van der Waals surface area (Å²) < 4.78 is 5.34. The van der Waals surface area contributed by atoms with Gasteiger partial charge in [0.15, 0.2) is 0 Å². The van der Waals surface area contributed by atoms with Gasteiger partial charge >= 0.3 is 12.1 Å². The molecule has 1 heterocycles. The highest BCUT2D eigenvalue weighted by atomic mass is 16.6. The zero-order chi connectivity index (χ0) is 22.6. The number of carbonyl (C=O) groups is 3. The molecule has 1 aliphatic heterocycles. The van der Waals surface area contributed by atoms with E-state index in [1.807, 2.05) is 54.6 Å². The van der Waals surface area contributed by atoms with Gasteiger partial charge in [-0.1, -0.05) is 54.6 Å². The summed E-state index contributed by atoms with van der Waals surface area (Å²) in [5.74, 6) is -1.52. The van der Waals surface area contributed by atoms with E-state index in [1.165, 1.54) is 4.90 Å². The molecule has 164 valence electrons.